The van der Waals surface area contributed by atoms with Crippen LogP contribution in [0.3, 0.4) is 0 Å². The topological polar surface area (TPSA) is 108 Å². The molecule has 0 saturated heterocycles. The summed E-state index contributed by atoms with van der Waals surface area (Å²) in [5, 5.41) is 16.1. The number of carbonyl (C=O) groups is 3. The standard InChI is InChI=1S/C12H14ClN3O4/c1-6(10(17)14-2)15-12(20)16-9-4-3-7(11(18)19)5-8(9)13/h3-6H,1-2H3,(H,14,17)(H,18,19)(H2,15,16,20). The number of likely N-dealkylation sites (N-methyl/N-ethyl adjacent to an activating group) is 1. The molecule has 1 aromatic rings. The summed E-state index contributed by atoms with van der Waals surface area (Å²) in [6, 6.07) is 2.58. The molecule has 0 aromatic heterocycles. The summed E-state index contributed by atoms with van der Waals surface area (Å²) in [7, 11) is 1.46. The number of carbonyl (C=O) groups excluding carboxylic acids is 2. The third kappa shape index (κ3) is 4.13. The zero-order valence-electron chi connectivity index (χ0n) is 10.9. The summed E-state index contributed by atoms with van der Waals surface area (Å²) < 4.78 is 0. The maximum Gasteiger partial charge on any atom is 0.335 e. The number of hydrogen-bond acceptors (Lipinski definition) is 3. The van der Waals surface area contributed by atoms with Gasteiger partial charge in [0.2, 0.25) is 5.91 Å². The van der Waals surface area contributed by atoms with Gasteiger partial charge in [-0.2, -0.15) is 0 Å². The monoisotopic (exact) mass is 299 g/mol. The van der Waals surface area contributed by atoms with Gasteiger partial charge in [0.25, 0.3) is 0 Å². The summed E-state index contributed by atoms with van der Waals surface area (Å²) in [6.07, 6.45) is 0. The molecule has 1 unspecified atom stereocenters. The highest BCUT2D eigenvalue weighted by molar-refractivity contribution is 6.34. The van der Waals surface area contributed by atoms with Crippen LogP contribution in [0.2, 0.25) is 5.02 Å². The Morgan fingerprint density at radius 2 is 1.95 bits per heavy atom. The Morgan fingerprint density at radius 1 is 1.30 bits per heavy atom. The van der Waals surface area contributed by atoms with Crippen molar-refractivity contribution in [2.24, 2.45) is 0 Å². The number of benzene rings is 1. The fourth-order valence-electron chi connectivity index (χ4n) is 1.39. The molecular weight excluding hydrogens is 286 g/mol. The fourth-order valence-corrected chi connectivity index (χ4v) is 1.61. The third-order valence-corrected chi connectivity index (χ3v) is 2.76. The van der Waals surface area contributed by atoms with Crippen LogP contribution in [0.5, 0.6) is 0 Å². The number of carboxylic acids is 1. The van der Waals surface area contributed by atoms with Gasteiger partial charge in [0.15, 0.2) is 0 Å². The predicted octanol–water partition coefficient (Wildman–Crippen LogP) is 1.29. The lowest BCUT2D eigenvalue weighted by atomic mass is 10.2. The molecule has 0 aliphatic rings. The van der Waals surface area contributed by atoms with E-state index in [1.54, 1.807) is 0 Å². The van der Waals surface area contributed by atoms with Crippen molar-refractivity contribution in [2.45, 2.75) is 13.0 Å². The number of halogens is 1. The number of amides is 3. The van der Waals surface area contributed by atoms with Gasteiger partial charge in [0.1, 0.15) is 6.04 Å². The average Bonchev–Trinajstić information content (AvgIpc) is 2.39. The first-order valence-corrected chi connectivity index (χ1v) is 6.05. The zero-order valence-corrected chi connectivity index (χ0v) is 11.6. The molecule has 0 heterocycles. The molecule has 108 valence electrons. The van der Waals surface area contributed by atoms with Crippen LogP contribution >= 0.6 is 11.6 Å². The largest absolute Gasteiger partial charge is 0.478 e. The van der Waals surface area contributed by atoms with Gasteiger partial charge in [-0.3, -0.25) is 4.79 Å². The van der Waals surface area contributed by atoms with Crippen LogP contribution in [0.25, 0.3) is 0 Å². The van der Waals surface area contributed by atoms with Crippen LogP contribution in [0.15, 0.2) is 18.2 Å². The molecule has 0 spiro atoms. The lowest BCUT2D eigenvalue weighted by Crippen LogP contribution is -2.45. The molecule has 20 heavy (non-hydrogen) atoms. The van der Waals surface area contributed by atoms with Crippen molar-refractivity contribution in [1.82, 2.24) is 10.6 Å². The Kier molecular flexibility index (Phi) is 5.33. The van der Waals surface area contributed by atoms with Gasteiger partial charge in [0.05, 0.1) is 16.3 Å². The molecule has 0 saturated carbocycles. The highest BCUT2D eigenvalue weighted by atomic mass is 35.5. The fraction of sp³-hybridized carbons (Fsp3) is 0.250. The molecule has 0 bridgehead atoms. The van der Waals surface area contributed by atoms with E-state index in [9.17, 15) is 14.4 Å². The molecule has 3 amide bonds. The highest BCUT2D eigenvalue weighted by Crippen LogP contribution is 2.22. The summed E-state index contributed by atoms with van der Waals surface area (Å²) in [6.45, 7) is 1.52. The van der Waals surface area contributed by atoms with E-state index in [4.69, 9.17) is 16.7 Å². The van der Waals surface area contributed by atoms with Crippen molar-refractivity contribution in [1.29, 1.82) is 0 Å². The number of rotatable bonds is 4. The van der Waals surface area contributed by atoms with Crippen LogP contribution in [0, 0.1) is 0 Å². The molecule has 8 heteroatoms. The van der Waals surface area contributed by atoms with Crippen LogP contribution in [-0.2, 0) is 4.79 Å². The van der Waals surface area contributed by atoms with Crippen molar-refractivity contribution >= 4 is 35.2 Å². The summed E-state index contributed by atoms with van der Waals surface area (Å²) in [4.78, 5) is 33.6. The Hall–Kier alpha value is -2.28. The zero-order chi connectivity index (χ0) is 15.3. The normalized spacial score (nSPS) is 11.3. The first kappa shape index (κ1) is 15.8. The first-order chi connectivity index (χ1) is 9.35. The van der Waals surface area contributed by atoms with E-state index < -0.39 is 18.0 Å². The minimum atomic E-state index is -1.11. The van der Waals surface area contributed by atoms with Crippen molar-refractivity contribution < 1.29 is 19.5 Å². The lowest BCUT2D eigenvalue weighted by molar-refractivity contribution is -0.122. The summed E-state index contributed by atoms with van der Waals surface area (Å²) >= 11 is 5.86. The molecule has 0 aliphatic heterocycles. The van der Waals surface area contributed by atoms with Crippen molar-refractivity contribution in [3.8, 4) is 0 Å². The summed E-state index contributed by atoms with van der Waals surface area (Å²) in [5.41, 5.74) is 0.262. The number of aromatic carboxylic acids is 1. The minimum Gasteiger partial charge on any atom is -0.478 e. The SMILES string of the molecule is CNC(=O)C(C)NC(=O)Nc1ccc(C(=O)O)cc1Cl. The van der Waals surface area contributed by atoms with Crippen LogP contribution in [-0.4, -0.2) is 36.1 Å². The van der Waals surface area contributed by atoms with E-state index in [1.165, 1.54) is 32.2 Å². The molecular formula is C12H14ClN3O4. The van der Waals surface area contributed by atoms with Crippen LogP contribution in [0.1, 0.15) is 17.3 Å². The maximum atomic E-state index is 11.6. The highest BCUT2D eigenvalue weighted by Gasteiger charge is 2.15. The molecule has 0 radical (unpaired) electrons. The van der Waals surface area contributed by atoms with E-state index in [0.29, 0.717) is 0 Å². The average molecular weight is 300 g/mol. The lowest BCUT2D eigenvalue weighted by Gasteiger charge is -2.14. The van der Waals surface area contributed by atoms with Crippen molar-refractivity contribution in [2.75, 3.05) is 12.4 Å². The van der Waals surface area contributed by atoms with Crippen molar-refractivity contribution in [3.05, 3.63) is 28.8 Å². The minimum absolute atomic E-state index is 0.0136. The van der Waals surface area contributed by atoms with Gasteiger partial charge < -0.3 is 21.1 Å². The van der Waals surface area contributed by atoms with Gasteiger partial charge in [-0.15, -0.1) is 0 Å². The number of carboxylic acid groups (broad SMARTS) is 1. The number of urea groups is 1. The Morgan fingerprint density at radius 3 is 2.45 bits per heavy atom. The summed E-state index contributed by atoms with van der Waals surface area (Å²) in [5.74, 6) is -1.45. The number of nitrogens with one attached hydrogen (secondary N) is 3. The van der Waals surface area contributed by atoms with Crippen LogP contribution in [0.4, 0.5) is 10.5 Å². The van der Waals surface area contributed by atoms with Gasteiger partial charge in [0, 0.05) is 7.05 Å². The Labute approximate surface area is 120 Å². The predicted molar refractivity (Wildman–Crippen MR) is 74.1 cm³/mol. The Bertz CT molecular complexity index is 548. The third-order valence-electron chi connectivity index (χ3n) is 2.45. The van der Waals surface area contributed by atoms with Crippen LogP contribution < -0.4 is 16.0 Å². The number of hydrogen-bond donors (Lipinski definition) is 4. The first-order valence-electron chi connectivity index (χ1n) is 5.67. The molecule has 1 aromatic carbocycles. The molecule has 1 atom stereocenters. The molecule has 4 N–H and O–H groups in total. The number of anilines is 1. The van der Waals surface area contributed by atoms with Crippen molar-refractivity contribution in [3.63, 3.8) is 0 Å². The molecule has 0 fully saturated rings. The van der Waals surface area contributed by atoms with E-state index in [-0.39, 0.29) is 22.2 Å². The second-order valence-electron chi connectivity index (χ2n) is 3.93. The van der Waals surface area contributed by atoms with Gasteiger partial charge >= 0.3 is 12.0 Å². The van der Waals surface area contributed by atoms with Gasteiger partial charge in [-0.05, 0) is 25.1 Å². The smallest absolute Gasteiger partial charge is 0.335 e. The molecule has 1 rings (SSSR count). The quantitative estimate of drug-likeness (QED) is 0.672. The van der Waals surface area contributed by atoms with Gasteiger partial charge in [-0.1, -0.05) is 11.6 Å². The van der Waals surface area contributed by atoms with E-state index >= 15 is 0 Å². The second kappa shape index (κ2) is 6.76. The molecule has 0 aliphatic carbocycles. The van der Waals surface area contributed by atoms with E-state index in [2.05, 4.69) is 16.0 Å². The second-order valence-corrected chi connectivity index (χ2v) is 4.34. The Balaban J connectivity index is 2.71. The van der Waals surface area contributed by atoms with Gasteiger partial charge in [-0.25, -0.2) is 9.59 Å². The van der Waals surface area contributed by atoms with E-state index in [0.717, 1.165) is 0 Å². The maximum absolute atomic E-state index is 11.6. The van der Waals surface area contributed by atoms with E-state index in [1.807, 2.05) is 0 Å². The molecule has 7 nitrogen and oxygen atoms in total.